The van der Waals surface area contributed by atoms with Gasteiger partial charge in [-0.1, -0.05) is 13.0 Å². The van der Waals surface area contributed by atoms with Crippen LogP contribution < -0.4 is 16.8 Å². The van der Waals surface area contributed by atoms with E-state index < -0.39 is 5.91 Å². The molecule has 0 saturated heterocycles. The van der Waals surface area contributed by atoms with Gasteiger partial charge in [0.15, 0.2) is 0 Å². The topological polar surface area (TPSA) is 81.1 Å². The summed E-state index contributed by atoms with van der Waals surface area (Å²) in [4.78, 5) is 11.2. The number of primary amides is 1. The van der Waals surface area contributed by atoms with Gasteiger partial charge in [-0.3, -0.25) is 4.79 Å². The minimum absolute atomic E-state index is 0.0845. The van der Waals surface area contributed by atoms with Gasteiger partial charge in [0.1, 0.15) is 0 Å². The molecule has 1 rings (SSSR count). The van der Waals surface area contributed by atoms with Crippen molar-refractivity contribution in [1.82, 2.24) is 0 Å². The molecule has 0 aliphatic heterocycles. The van der Waals surface area contributed by atoms with Crippen molar-refractivity contribution in [3.63, 3.8) is 0 Å². The molecule has 0 spiro atoms. The molecular formula is C12H19N3O. The molecule has 0 fully saturated rings. The SMILES string of the molecule is CCC(N)CNc1cc(C)ccc1C(N)=O. The van der Waals surface area contributed by atoms with Crippen LogP contribution in [0.4, 0.5) is 5.69 Å². The molecule has 1 unspecified atom stereocenters. The number of amides is 1. The van der Waals surface area contributed by atoms with Gasteiger partial charge < -0.3 is 16.8 Å². The predicted molar refractivity (Wildman–Crippen MR) is 66.5 cm³/mol. The number of benzene rings is 1. The van der Waals surface area contributed by atoms with Crippen LogP contribution in [0.1, 0.15) is 29.3 Å². The third-order valence-electron chi connectivity index (χ3n) is 2.52. The first-order valence-corrected chi connectivity index (χ1v) is 5.44. The van der Waals surface area contributed by atoms with Gasteiger partial charge in [-0.15, -0.1) is 0 Å². The Morgan fingerprint density at radius 2 is 2.19 bits per heavy atom. The maximum Gasteiger partial charge on any atom is 0.250 e. The molecule has 88 valence electrons. The van der Waals surface area contributed by atoms with E-state index in [-0.39, 0.29) is 6.04 Å². The second kappa shape index (κ2) is 5.51. The average molecular weight is 221 g/mol. The first-order valence-electron chi connectivity index (χ1n) is 5.44. The summed E-state index contributed by atoms with van der Waals surface area (Å²) in [6.07, 6.45) is 0.894. The smallest absolute Gasteiger partial charge is 0.250 e. The fourth-order valence-electron chi connectivity index (χ4n) is 1.40. The van der Waals surface area contributed by atoms with E-state index in [0.29, 0.717) is 12.1 Å². The first kappa shape index (κ1) is 12.5. The standard InChI is InChI=1S/C12H19N3O/c1-3-9(13)7-15-11-6-8(2)4-5-10(11)12(14)16/h4-6,9,15H,3,7,13H2,1-2H3,(H2,14,16). The Labute approximate surface area is 96.0 Å². The maximum absolute atomic E-state index is 11.2. The molecule has 0 aromatic heterocycles. The molecule has 0 bridgehead atoms. The Morgan fingerprint density at radius 1 is 1.50 bits per heavy atom. The quantitative estimate of drug-likeness (QED) is 0.699. The van der Waals surface area contributed by atoms with E-state index >= 15 is 0 Å². The van der Waals surface area contributed by atoms with Crippen LogP contribution in [0.25, 0.3) is 0 Å². The van der Waals surface area contributed by atoms with Crippen molar-refractivity contribution in [2.24, 2.45) is 11.5 Å². The minimum Gasteiger partial charge on any atom is -0.383 e. The van der Waals surface area contributed by atoms with Crippen LogP contribution in [-0.2, 0) is 0 Å². The highest BCUT2D eigenvalue weighted by atomic mass is 16.1. The highest BCUT2D eigenvalue weighted by molar-refractivity contribution is 5.98. The summed E-state index contributed by atoms with van der Waals surface area (Å²) >= 11 is 0. The average Bonchev–Trinajstić information content (AvgIpc) is 2.25. The van der Waals surface area contributed by atoms with Crippen LogP contribution in [0.15, 0.2) is 18.2 Å². The molecule has 0 radical (unpaired) electrons. The number of nitrogens with one attached hydrogen (secondary N) is 1. The van der Waals surface area contributed by atoms with Gasteiger partial charge in [0.2, 0.25) is 0 Å². The summed E-state index contributed by atoms with van der Waals surface area (Å²) in [5, 5.41) is 3.16. The van der Waals surface area contributed by atoms with Gasteiger partial charge in [0, 0.05) is 18.3 Å². The lowest BCUT2D eigenvalue weighted by Gasteiger charge is -2.14. The van der Waals surface area contributed by atoms with Crippen LogP contribution in [0.2, 0.25) is 0 Å². The molecule has 0 aliphatic rings. The van der Waals surface area contributed by atoms with Gasteiger partial charge in [-0.05, 0) is 31.0 Å². The number of hydrogen-bond acceptors (Lipinski definition) is 3. The Kier molecular flexibility index (Phi) is 4.31. The van der Waals surface area contributed by atoms with Crippen molar-refractivity contribution in [3.8, 4) is 0 Å². The van der Waals surface area contributed by atoms with E-state index in [4.69, 9.17) is 11.5 Å². The fourth-order valence-corrected chi connectivity index (χ4v) is 1.40. The van der Waals surface area contributed by atoms with Crippen molar-refractivity contribution >= 4 is 11.6 Å². The molecule has 4 nitrogen and oxygen atoms in total. The van der Waals surface area contributed by atoms with Crippen molar-refractivity contribution in [3.05, 3.63) is 29.3 Å². The summed E-state index contributed by atoms with van der Waals surface area (Å²) in [5.74, 6) is -0.424. The molecule has 1 aromatic carbocycles. The Hall–Kier alpha value is -1.55. The van der Waals surface area contributed by atoms with Gasteiger partial charge in [0.25, 0.3) is 5.91 Å². The third-order valence-corrected chi connectivity index (χ3v) is 2.52. The molecule has 0 aliphatic carbocycles. The van der Waals surface area contributed by atoms with Gasteiger partial charge in [0.05, 0.1) is 5.56 Å². The van der Waals surface area contributed by atoms with Gasteiger partial charge >= 0.3 is 0 Å². The third kappa shape index (κ3) is 3.24. The summed E-state index contributed by atoms with van der Waals surface area (Å²) < 4.78 is 0. The van der Waals surface area contributed by atoms with Crippen LogP contribution in [-0.4, -0.2) is 18.5 Å². The van der Waals surface area contributed by atoms with E-state index in [2.05, 4.69) is 5.32 Å². The largest absolute Gasteiger partial charge is 0.383 e. The van der Waals surface area contributed by atoms with E-state index in [1.54, 1.807) is 6.07 Å². The zero-order valence-electron chi connectivity index (χ0n) is 9.79. The number of hydrogen-bond donors (Lipinski definition) is 3. The van der Waals surface area contributed by atoms with Crippen LogP contribution in [0.5, 0.6) is 0 Å². The summed E-state index contributed by atoms with van der Waals surface area (Å²) in [5.41, 5.74) is 13.4. The number of carbonyl (C=O) groups is 1. The van der Waals surface area contributed by atoms with Crippen LogP contribution in [0.3, 0.4) is 0 Å². The van der Waals surface area contributed by atoms with Crippen molar-refractivity contribution < 1.29 is 4.79 Å². The number of anilines is 1. The Bertz CT molecular complexity index is 377. The summed E-state index contributed by atoms with van der Waals surface area (Å²) in [6, 6.07) is 5.59. The fraction of sp³-hybridized carbons (Fsp3) is 0.417. The monoisotopic (exact) mass is 221 g/mol. The van der Waals surface area contributed by atoms with E-state index in [0.717, 1.165) is 17.7 Å². The lowest BCUT2D eigenvalue weighted by molar-refractivity contribution is 0.100. The molecule has 4 heteroatoms. The zero-order valence-corrected chi connectivity index (χ0v) is 9.79. The molecule has 1 atom stereocenters. The van der Waals surface area contributed by atoms with Crippen molar-refractivity contribution in [1.29, 1.82) is 0 Å². The zero-order chi connectivity index (χ0) is 12.1. The second-order valence-electron chi connectivity index (χ2n) is 3.96. The summed E-state index contributed by atoms with van der Waals surface area (Å²) in [6.45, 7) is 4.63. The highest BCUT2D eigenvalue weighted by Gasteiger charge is 2.08. The number of nitrogens with two attached hydrogens (primary N) is 2. The second-order valence-corrected chi connectivity index (χ2v) is 3.96. The molecule has 16 heavy (non-hydrogen) atoms. The first-order chi connectivity index (χ1) is 7.54. The predicted octanol–water partition coefficient (Wildman–Crippen LogP) is 1.24. The molecule has 1 aromatic rings. The highest BCUT2D eigenvalue weighted by Crippen LogP contribution is 2.17. The molecule has 5 N–H and O–H groups in total. The number of carbonyl (C=O) groups excluding carboxylic acids is 1. The van der Waals surface area contributed by atoms with Crippen LogP contribution >= 0.6 is 0 Å². The van der Waals surface area contributed by atoms with E-state index in [9.17, 15) is 4.79 Å². The van der Waals surface area contributed by atoms with E-state index in [1.807, 2.05) is 26.0 Å². The van der Waals surface area contributed by atoms with Gasteiger partial charge in [-0.25, -0.2) is 0 Å². The van der Waals surface area contributed by atoms with Crippen molar-refractivity contribution in [2.45, 2.75) is 26.3 Å². The normalized spacial score (nSPS) is 12.2. The summed E-state index contributed by atoms with van der Waals surface area (Å²) in [7, 11) is 0. The number of rotatable bonds is 5. The van der Waals surface area contributed by atoms with Crippen LogP contribution in [0, 0.1) is 6.92 Å². The molecule has 0 heterocycles. The van der Waals surface area contributed by atoms with Gasteiger partial charge in [-0.2, -0.15) is 0 Å². The van der Waals surface area contributed by atoms with E-state index in [1.165, 1.54) is 0 Å². The molecule has 1 amide bonds. The Balaban J connectivity index is 2.84. The lowest BCUT2D eigenvalue weighted by atomic mass is 10.1. The van der Waals surface area contributed by atoms with Crippen molar-refractivity contribution in [2.75, 3.05) is 11.9 Å². The lowest BCUT2D eigenvalue weighted by Crippen LogP contribution is -2.28. The minimum atomic E-state index is -0.424. The number of aryl methyl sites for hydroxylation is 1. The Morgan fingerprint density at radius 3 is 2.75 bits per heavy atom. The molecular weight excluding hydrogens is 202 g/mol. The molecule has 0 saturated carbocycles. The maximum atomic E-state index is 11.2.